The lowest BCUT2D eigenvalue weighted by atomic mass is 9.80. The molecule has 112 valence electrons. The Morgan fingerprint density at radius 1 is 1.20 bits per heavy atom. The minimum atomic E-state index is 0.131. The van der Waals surface area contributed by atoms with Gasteiger partial charge in [-0.2, -0.15) is 0 Å². The number of piperazine rings is 1. The van der Waals surface area contributed by atoms with E-state index in [1.807, 2.05) is 6.07 Å². The summed E-state index contributed by atoms with van der Waals surface area (Å²) in [7, 11) is 0. The molecule has 0 spiro atoms. The highest BCUT2D eigenvalue weighted by Crippen LogP contribution is 2.43. The smallest absolute Gasteiger partial charge is 0.0508 e. The second kappa shape index (κ2) is 6.34. The molecular weight excluding hydrogens is 382 g/mol. The molecule has 1 aliphatic rings. The molecule has 5 heteroatoms. The molecule has 1 aliphatic heterocycles. The van der Waals surface area contributed by atoms with Crippen LogP contribution in [0.25, 0.3) is 0 Å². The van der Waals surface area contributed by atoms with Crippen LogP contribution >= 0.6 is 31.9 Å². The van der Waals surface area contributed by atoms with Gasteiger partial charge in [-0.25, -0.2) is 0 Å². The molecule has 1 atom stereocenters. The van der Waals surface area contributed by atoms with Crippen molar-refractivity contribution >= 4 is 37.5 Å². The van der Waals surface area contributed by atoms with Gasteiger partial charge in [0.25, 0.3) is 0 Å². The molecule has 1 saturated heterocycles. The number of nitrogen functional groups attached to an aromatic ring is 1. The third-order valence-electron chi connectivity index (χ3n) is 3.76. The molecule has 1 heterocycles. The summed E-state index contributed by atoms with van der Waals surface area (Å²) in [6.07, 6.45) is 0. The second-order valence-corrected chi connectivity index (χ2v) is 8.22. The molecule has 2 rings (SSSR count). The minimum Gasteiger partial charge on any atom is -0.398 e. The molecule has 1 aromatic rings. The summed E-state index contributed by atoms with van der Waals surface area (Å²) in [6.45, 7) is 11.1. The normalized spacial score (nSPS) is 19.1. The molecule has 3 N–H and O–H groups in total. The molecule has 0 radical (unpaired) electrons. The fourth-order valence-electron chi connectivity index (χ4n) is 2.98. The van der Waals surface area contributed by atoms with E-state index in [-0.39, 0.29) is 5.41 Å². The molecule has 1 aromatic carbocycles. The van der Waals surface area contributed by atoms with Gasteiger partial charge in [-0.15, -0.1) is 0 Å². The van der Waals surface area contributed by atoms with Crippen LogP contribution < -0.4 is 11.1 Å². The summed E-state index contributed by atoms with van der Waals surface area (Å²) in [4.78, 5) is 2.54. The third-order valence-corrected chi connectivity index (χ3v) is 4.87. The van der Waals surface area contributed by atoms with Crippen molar-refractivity contribution in [3.05, 3.63) is 26.6 Å². The average molecular weight is 405 g/mol. The highest BCUT2D eigenvalue weighted by Gasteiger charge is 2.34. The van der Waals surface area contributed by atoms with Crippen molar-refractivity contribution in [3.63, 3.8) is 0 Å². The zero-order chi connectivity index (χ0) is 14.9. The summed E-state index contributed by atoms with van der Waals surface area (Å²) in [5, 5.41) is 3.42. The summed E-state index contributed by atoms with van der Waals surface area (Å²) in [5.74, 6) is 0. The Balaban J connectivity index is 2.46. The molecule has 3 nitrogen and oxygen atoms in total. The van der Waals surface area contributed by atoms with Crippen molar-refractivity contribution in [1.82, 2.24) is 10.2 Å². The first kappa shape index (κ1) is 16.3. The van der Waals surface area contributed by atoms with E-state index in [1.54, 1.807) is 0 Å². The van der Waals surface area contributed by atoms with Gasteiger partial charge < -0.3 is 11.1 Å². The van der Waals surface area contributed by atoms with Gasteiger partial charge in [0.1, 0.15) is 0 Å². The molecule has 0 unspecified atom stereocenters. The summed E-state index contributed by atoms with van der Waals surface area (Å²) >= 11 is 7.16. The van der Waals surface area contributed by atoms with Crippen molar-refractivity contribution in [2.45, 2.75) is 26.8 Å². The molecule has 20 heavy (non-hydrogen) atoms. The van der Waals surface area contributed by atoms with Crippen LogP contribution in [0.1, 0.15) is 32.4 Å². The number of halogens is 2. The maximum absolute atomic E-state index is 6.35. The molecular formula is C15H23Br2N3. The second-order valence-electron chi connectivity index (χ2n) is 6.45. The molecule has 0 bridgehead atoms. The zero-order valence-electron chi connectivity index (χ0n) is 12.3. The fourth-order valence-corrected chi connectivity index (χ4v) is 4.24. The van der Waals surface area contributed by atoms with Crippen LogP contribution in [0, 0.1) is 5.41 Å². The van der Waals surface area contributed by atoms with E-state index < -0.39 is 0 Å². The van der Waals surface area contributed by atoms with Crippen LogP contribution in [0.15, 0.2) is 21.1 Å². The van der Waals surface area contributed by atoms with Crippen LogP contribution in [0.2, 0.25) is 0 Å². The average Bonchev–Trinajstić information content (AvgIpc) is 2.35. The van der Waals surface area contributed by atoms with E-state index in [2.05, 4.69) is 68.9 Å². The molecule has 0 amide bonds. The number of nitrogens with one attached hydrogen (secondary N) is 1. The van der Waals surface area contributed by atoms with Gasteiger partial charge in [-0.3, -0.25) is 4.90 Å². The third kappa shape index (κ3) is 3.56. The Hall–Kier alpha value is -0.100. The van der Waals surface area contributed by atoms with Gasteiger partial charge in [-0.1, -0.05) is 36.7 Å². The summed E-state index contributed by atoms with van der Waals surface area (Å²) in [6, 6.07) is 4.49. The molecule has 0 aliphatic carbocycles. The van der Waals surface area contributed by atoms with E-state index in [0.717, 1.165) is 40.8 Å². The lowest BCUT2D eigenvalue weighted by molar-refractivity contribution is 0.0866. The molecule has 0 aromatic heterocycles. The quantitative estimate of drug-likeness (QED) is 0.736. The van der Waals surface area contributed by atoms with Gasteiger partial charge in [0.05, 0.1) is 5.69 Å². The summed E-state index contributed by atoms with van der Waals surface area (Å²) in [5.41, 5.74) is 8.54. The number of nitrogens with zero attached hydrogens (tertiary/aromatic N) is 1. The number of hydrogen-bond acceptors (Lipinski definition) is 3. The van der Waals surface area contributed by atoms with Crippen LogP contribution in [0.5, 0.6) is 0 Å². The number of benzene rings is 1. The predicted octanol–water partition coefficient (Wildman–Crippen LogP) is 3.79. The highest BCUT2D eigenvalue weighted by molar-refractivity contribution is 9.11. The van der Waals surface area contributed by atoms with E-state index in [1.165, 1.54) is 5.56 Å². The largest absolute Gasteiger partial charge is 0.398 e. The van der Waals surface area contributed by atoms with Gasteiger partial charge >= 0.3 is 0 Å². The Morgan fingerprint density at radius 3 is 2.35 bits per heavy atom. The first-order valence-corrected chi connectivity index (χ1v) is 8.58. The number of anilines is 1. The van der Waals surface area contributed by atoms with Crippen LogP contribution in [0.4, 0.5) is 5.69 Å². The van der Waals surface area contributed by atoms with E-state index in [0.29, 0.717) is 6.04 Å². The van der Waals surface area contributed by atoms with Crippen molar-refractivity contribution in [1.29, 1.82) is 0 Å². The standard InChI is InChI=1S/C15H23Br2N3/c1-15(2,3)14(20-6-4-19-5-7-20)11-8-10(16)9-12(17)13(11)18/h8-9,14,19H,4-7,18H2,1-3H3/t14-/m1/s1. The van der Waals surface area contributed by atoms with Gasteiger partial charge in [0, 0.05) is 41.2 Å². The Morgan fingerprint density at radius 2 is 1.80 bits per heavy atom. The maximum atomic E-state index is 6.35. The van der Waals surface area contributed by atoms with E-state index in [4.69, 9.17) is 5.73 Å². The first-order chi connectivity index (χ1) is 9.30. The van der Waals surface area contributed by atoms with E-state index in [9.17, 15) is 0 Å². The molecule has 1 fully saturated rings. The SMILES string of the molecule is CC(C)(C)[C@@H](c1cc(Br)cc(Br)c1N)N1CCNCC1. The van der Waals surface area contributed by atoms with Crippen LogP contribution in [0.3, 0.4) is 0 Å². The van der Waals surface area contributed by atoms with Gasteiger partial charge in [0.2, 0.25) is 0 Å². The predicted molar refractivity (Wildman–Crippen MR) is 92.9 cm³/mol. The number of nitrogens with two attached hydrogens (primary N) is 1. The van der Waals surface area contributed by atoms with Gasteiger partial charge in [-0.05, 0) is 39.0 Å². The fraction of sp³-hybridized carbons (Fsp3) is 0.600. The van der Waals surface area contributed by atoms with Crippen molar-refractivity contribution in [2.75, 3.05) is 31.9 Å². The lowest BCUT2D eigenvalue weighted by Crippen LogP contribution is -2.48. The van der Waals surface area contributed by atoms with Gasteiger partial charge in [0.15, 0.2) is 0 Å². The number of rotatable bonds is 2. The Bertz CT molecular complexity index is 477. The zero-order valence-corrected chi connectivity index (χ0v) is 15.5. The van der Waals surface area contributed by atoms with Crippen LogP contribution in [-0.4, -0.2) is 31.1 Å². The van der Waals surface area contributed by atoms with Crippen molar-refractivity contribution in [3.8, 4) is 0 Å². The monoisotopic (exact) mass is 403 g/mol. The minimum absolute atomic E-state index is 0.131. The Labute approximate surface area is 138 Å². The Kier molecular flexibility index (Phi) is 5.16. The first-order valence-electron chi connectivity index (χ1n) is 7.00. The van der Waals surface area contributed by atoms with E-state index >= 15 is 0 Å². The summed E-state index contributed by atoms with van der Waals surface area (Å²) < 4.78 is 2.03. The van der Waals surface area contributed by atoms with Crippen molar-refractivity contribution < 1.29 is 0 Å². The van der Waals surface area contributed by atoms with Crippen LogP contribution in [-0.2, 0) is 0 Å². The van der Waals surface area contributed by atoms with Crippen molar-refractivity contribution in [2.24, 2.45) is 5.41 Å². The lowest BCUT2D eigenvalue weighted by Gasteiger charge is -2.43. The number of hydrogen-bond donors (Lipinski definition) is 2. The molecule has 0 saturated carbocycles. The topological polar surface area (TPSA) is 41.3 Å². The maximum Gasteiger partial charge on any atom is 0.0508 e. The highest BCUT2D eigenvalue weighted by atomic mass is 79.9.